The number of ether oxygens (including phenoxy) is 2. The van der Waals surface area contributed by atoms with Crippen molar-refractivity contribution in [1.29, 1.82) is 0 Å². The molecule has 0 radical (unpaired) electrons. The smallest absolute Gasteiger partial charge is 0.306 e. The van der Waals surface area contributed by atoms with Gasteiger partial charge >= 0.3 is 5.97 Å². The molecule has 1 fully saturated rings. The van der Waals surface area contributed by atoms with Gasteiger partial charge in [0.1, 0.15) is 24.1 Å². The predicted molar refractivity (Wildman–Crippen MR) is 114 cm³/mol. The fourth-order valence-electron chi connectivity index (χ4n) is 3.91. The van der Waals surface area contributed by atoms with Gasteiger partial charge in [0.25, 0.3) is 0 Å². The standard InChI is InChI=1S/C21H33N5O5/c1-2-3-4-5-6-7-8-9-10-15(28)31-18-14(11-27)30-21(17(18)29)26-13-25-16-19(22)23-12-24-20(16)26/h12-14,17-18,21,27,29H,2-11H2,1H3,(H2,22,23,24)/t14-,17-,18-,21-/m1/s1. The monoisotopic (exact) mass is 435 g/mol. The number of nitrogens with two attached hydrogens (primary N) is 1. The molecule has 0 unspecified atom stereocenters. The summed E-state index contributed by atoms with van der Waals surface area (Å²) < 4.78 is 12.8. The van der Waals surface area contributed by atoms with Crippen LogP contribution in [-0.4, -0.2) is 60.6 Å². The second-order valence-electron chi connectivity index (χ2n) is 8.00. The van der Waals surface area contributed by atoms with Crippen molar-refractivity contribution >= 4 is 23.0 Å². The molecular weight excluding hydrogens is 402 g/mol. The van der Waals surface area contributed by atoms with Crippen LogP contribution in [0.25, 0.3) is 11.2 Å². The number of aliphatic hydroxyl groups is 2. The second-order valence-corrected chi connectivity index (χ2v) is 8.00. The normalized spacial score (nSPS) is 23.5. The number of unbranched alkanes of at least 4 members (excludes halogenated alkanes) is 7. The summed E-state index contributed by atoms with van der Waals surface area (Å²) in [5.41, 5.74) is 6.58. The molecular formula is C21H33N5O5. The summed E-state index contributed by atoms with van der Waals surface area (Å²) in [5.74, 6) is -0.192. The van der Waals surface area contributed by atoms with Crippen molar-refractivity contribution in [3.05, 3.63) is 12.7 Å². The number of anilines is 1. The zero-order chi connectivity index (χ0) is 22.2. The van der Waals surface area contributed by atoms with E-state index in [9.17, 15) is 15.0 Å². The van der Waals surface area contributed by atoms with Gasteiger partial charge in [0.15, 0.2) is 23.8 Å². The first-order chi connectivity index (χ1) is 15.1. The molecule has 1 aliphatic rings. The maximum atomic E-state index is 12.3. The van der Waals surface area contributed by atoms with Crippen LogP contribution >= 0.6 is 0 Å². The minimum absolute atomic E-state index is 0.211. The van der Waals surface area contributed by atoms with E-state index in [1.807, 2.05) is 0 Å². The summed E-state index contributed by atoms with van der Waals surface area (Å²) in [6.07, 6.45) is 8.09. The van der Waals surface area contributed by atoms with E-state index in [4.69, 9.17) is 15.2 Å². The molecule has 3 heterocycles. The van der Waals surface area contributed by atoms with Crippen molar-refractivity contribution in [1.82, 2.24) is 19.5 Å². The van der Waals surface area contributed by atoms with E-state index >= 15 is 0 Å². The number of carbonyl (C=O) groups is 1. The van der Waals surface area contributed by atoms with Gasteiger partial charge in [-0.2, -0.15) is 0 Å². The molecule has 1 saturated heterocycles. The number of hydrogen-bond acceptors (Lipinski definition) is 9. The molecule has 0 spiro atoms. The number of esters is 1. The van der Waals surface area contributed by atoms with E-state index in [-0.39, 0.29) is 12.2 Å². The zero-order valence-corrected chi connectivity index (χ0v) is 18.0. The quantitative estimate of drug-likeness (QED) is 0.337. The van der Waals surface area contributed by atoms with Crippen molar-refractivity contribution in [3.63, 3.8) is 0 Å². The third kappa shape index (κ3) is 5.69. The van der Waals surface area contributed by atoms with Gasteiger partial charge in [-0.3, -0.25) is 9.36 Å². The lowest BCUT2D eigenvalue weighted by atomic mass is 10.1. The van der Waals surface area contributed by atoms with Gasteiger partial charge in [-0.25, -0.2) is 15.0 Å². The van der Waals surface area contributed by atoms with E-state index in [1.54, 1.807) is 0 Å². The number of hydrogen-bond donors (Lipinski definition) is 3. The molecule has 31 heavy (non-hydrogen) atoms. The Kier molecular flexibility index (Phi) is 8.56. The van der Waals surface area contributed by atoms with Gasteiger partial charge in [-0.15, -0.1) is 0 Å². The number of aliphatic hydroxyl groups excluding tert-OH is 2. The van der Waals surface area contributed by atoms with E-state index in [0.29, 0.717) is 11.2 Å². The maximum absolute atomic E-state index is 12.3. The summed E-state index contributed by atoms with van der Waals surface area (Å²) >= 11 is 0. The lowest BCUT2D eigenvalue weighted by molar-refractivity contribution is -0.156. The van der Waals surface area contributed by atoms with Crippen LogP contribution in [0, 0.1) is 0 Å². The number of imidazole rings is 1. The van der Waals surface area contributed by atoms with Gasteiger partial charge in [0.05, 0.1) is 12.9 Å². The molecule has 172 valence electrons. The Morgan fingerprint density at radius 3 is 2.58 bits per heavy atom. The minimum atomic E-state index is -1.19. The van der Waals surface area contributed by atoms with E-state index in [0.717, 1.165) is 19.3 Å². The molecule has 10 heteroatoms. The Morgan fingerprint density at radius 2 is 1.87 bits per heavy atom. The van der Waals surface area contributed by atoms with E-state index < -0.39 is 37.1 Å². The van der Waals surface area contributed by atoms with Crippen LogP contribution in [0.15, 0.2) is 12.7 Å². The van der Waals surface area contributed by atoms with E-state index in [2.05, 4.69) is 21.9 Å². The first kappa shape index (κ1) is 23.4. The fourth-order valence-corrected chi connectivity index (χ4v) is 3.91. The highest BCUT2D eigenvalue weighted by atomic mass is 16.6. The Labute approximate surface area is 181 Å². The van der Waals surface area contributed by atoms with Crippen molar-refractivity contribution in [2.45, 2.75) is 89.3 Å². The van der Waals surface area contributed by atoms with Crippen LogP contribution in [0.4, 0.5) is 5.82 Å². The number of fused-ring (bicyclic) bond motifs is 1. The topological polar surface area (TPSA) is 146 Å². The fraction of sp³-hybridized carbons (Fsp3) is 0.714. The first-order valence-corrected chi connectivity index (χ1v) is 11.1. The van der Waals surface area contributed by atoms with Gasteiger partial charge in [0.2, 0.25) is 0 Å². The summed E-state index contributed by atoms with van der Waals surface area (Å²) in [7, 11) is 0. The summed E-state index contributed by atoms with van der Waals surface area (Å²) in [5, 5.41) is 20.5. The highest BCUT2D eigenvalue weighted by Gasteiger charge is 2.47. The van der Waals surface area contributed by atoms with Crippen molar-refractivity contribution in [2.24, 2.45) is 0 Å². The van der Waals surface area contributed by atoms with Gasteiger partial charge in [-0.1, -0.05) is 51.9 Å². The SMILES string of the molecule is CCCCCCCCCCC(=O)O[C@H]1[C@@H](O)[C@H](n2cnc3c(N)ncnc32)O[C@@H]1CO. The molecule has 4 N–H and O–H groups in total. The molecule has 0 saturated carbocycles. The van der Waals surface area contributed by atoms with Crippen LogP contribution in [-0.2, 0) is 14.3 Å². The Bertz CT molecular complexity index is 845. The highest BCUT2D eigenvalue weighted by Crippen LogP contribution is 2.33. The van der Waals surface area contributed by atoms with E-state index in [1.165, 1.54) is 49.3 Å². The molecule has 2 aromatic rings. The minimum Gasteiger partial charge on any atom is -0.457 e. The van der Waals surface area contributed by atoms with Gasteiger partial charge < -0.3 is 25.4 Å². The number of nitrogen functional groups attached to an aromatic ring is 1. The Morgan fingerprint density at radius 1 is 1.16 bits per heavy atom. The van der Waals surface area contributed by atoms with Crippen LogP contribution in [0.1, 0.15) is 70.9 Å². The summed E-state index contributed by atoms with van der Waals surface area (Å²) in [6.45, 7) is 1.80. The molecule has 0 aliphatic carbocycles. The third-order valence-corrected chi connectivity index (χ3v) is 5.65. The number of rotatable bonds is 12. The molecule has 2 aromatic heterocycles. The molecule has 0 amide bonds. The lowest BCUT2D eigenvalue weighted by Gasteiger charge is -2.20. The molecule has 0 bridgehead atoms. The van der Waals surface area contributed by atoms with Crippen molar-refractivity contribution in [3.8, 4) is 0 Å². The first-order valence-electron chi connectivity index (χ1n) is 11.1. The molecule has 10 nitrogen and oxygen atoms in total. The molecule has 0 aromatic carbocycles. The third-order valence-electron chi connectivity index (χ3n) is 5.65. The number of nitrogens with zero attached hydrogens (tertiary/aromatic N) is 4. The van der Waals surface area contributed by atoms with Crippen molar-refractivity contribution < 1.29 is 24.5 Å². The lowest BCUT2D eigenvalue weighted by Crippen LogP contribution is -2.37. The predicted octanol–water partition coefficient (Wildman–Crippen LogP) is 2.10. The average Bonchev–Trinajstić information content (AvgIpc) is 3.32. The van der Waals surface area contributed by atoms with Crippen LogP contribution in [0.2, 0.25) is 0 Å². The Hall–Kier alpha value is -2.30. The number of aromatic nitrogens is 4. The van der Waals surface area contributed by atoms with Crippen LogP contribution in [0.5, 0.6) is 0 Å². The molecule has 4 atom stereocenters. The molecule has 3 rings (SSSR count). The maximum Gasteiger partial charge on any atom is 0.306 e. The summed E-state index contributed by atoms with van der Waals surface area (Å²) in [4.78, 5) is 24.5. The zero-order valence-electron chi connectivity index (χ0n) is 18.0. The summed E-state index contributed by atoms with van der Waals surface area (Å²) in [6, 6.07) is 0. The second kappa shape index (κ2) is 11.4. The van der Waals surface area contributed by atoms with Gasteiger partial charge in [-0.05, 0) is 6.42 Å². The van der Waals surface area contributed by atoms with Crippen LogP contribution < -0.4 is 5.73 Å². The highest BCUT2D eigenvalue weighted by molar-refractivity contribution is 5.81. The van der Waals surface area contributed by atoms with Crippen LogP contribution in [0.3, 0.4) is 0 Å². The number of carbonyl (C=O) groups excluding carboxylic acids is 1. The average molecular weight is 436 g/mol. The Balaban J connectivity index is 1.52. The van der Waals surface area contributed by atoms with Crippen molar-refractivity contribution in [2.75, 3.05) is 12.3 Å². The molecule has 1 aliphatic heterocycles. The largest absolute Gasteiger partial charge is 0.457 e. The van der Waals surface area contributed by atoms with Gasteiger partial charge in [0, 0.05) is 6.42 Å².